The van der Waals surface area contributed by atoms with Crippen LogP contribution in [-0.2, 0) is 9.53 Å². The molecule has 0 unspecified atom stereocenters. The quantitative estimate of drug-likeness (QED) is 0.631. The van der Waals surface area contributed by atoms with Crippen molar-refractivity contribution in [1.29, 1.82) is 0 Å². The molecule has 0 bridgehead atoms. The molecule has 1 N–H and O–H groups in total. The Morgan fingerprint density at radius 1 is 1.17 bits per heavy atom. The van der Waals surface area contributed by atoms with E-state index in [4.69, 9.17) is 21.1 Å². The molecule has 0 aliphatic heterocycles. The van der Waals surface area contributed by atoms with E-state index in [9.17, 15) is 4.79 Å². The van der Waals surface area contributed by atoms with Gasteiger partial charge >= 0.3 is 5.97 Å². The molecule has 0 atom stereocenters. The molecule has 120 valence electrons. The van der Waals surface area contributed by atoms with Gasteiger partial charge in [0.2, 0.25) is 0 Å². The third kappa shape index (κ3) is 4.50. The zero-order valence-corrected chi connectivity index (χ0v) is 13.8. The van der Waals surface area contributed by atoms with Crippen molar-refractivity contribution in [1.82, 2.24) is 0 Å². The van der Waals surface area contributed by atoms with Gasteiger partial charge in [-0.3, -0.25) is 0 Å². The molecule has 0 heterocycles. The maximum Gasteiger partial charge on any atom is 0.340 e. The summed E-state index contributed by atoms with van der Waals surface area (Å²) in [6.45, 7) is 2.07. The van der Waals surface area contributed by atoms with E-state index >= 15 is 0 Å². The molecule has 0 radical (unpaired) electrons. The fourth-order valence-corrected chi connectivity index (χ4v) is 2.16. The topological polar surface area (TPSA) is 47.6 Å². The summed E-state index contributed by atoms with van der Waals surface area (Å²) in [5.41, 5.74) is 1.85. The smallest absolute Gasteiger partial charge is 0.340 e. The predicted octanol–water partition coefficient (Wildman–Crippen LogP) is 4.36. The van der Waals surface area contributed by atoms with Crippen LogP contribution in [0.25, 0.3) is 5.57 Å². The lowest BCUT2D eigenvalue weighted by Gasteiger charge is -2.10. The first-order valence-corrected chi connectivity index (χ1v) is 7.56. The molecule has 2 aromatic rings. The van der Waals surface area contributed by atoms with Crippen LogP contribution in [0.2, 0.25) is 5.02 Å². The van der Waals surface area contributed by atoms with Crippen LogP contribution in [0.3, 0.4) is 0 Å². The molecule has 23 heavy (non-hydrogen) atoms. The molecular formula is C18H18ClNO3. The fourth-order valence-electron chi connectivity index (χ4n) is 1.97. The summed E-state index contributed by atoms with van der Waals surface area (Å²) >= 11 is 6.11. The van der Waals surface area contributed by atoms with Crippen molar-refractivity contribution in [2.24, 2.45) is 0 Å². The van der Waals surface area contributed by atoms with Crippen molar-refractivity contribution < 1.29 is 14.3 Å². The van der Waals surface area contributed by atoms with E-state index in [1.165, 1.54) is 0 Å². The van der Waals surface area contributed by atoms with Crippen LogP contribution in [-0.4, -0.2) is 19.7 Å². The van der Waals surface area contributed by atoms with Crippen LogP contribution >= 0.6 is 11.6 Å². The van der Waals surface area contributed by atoms with E-state index in [1.54, 1.807) is 50.6 Å². The summed E-state index contributed by atoms with van der Waals surface area (Å²) in [5, 5.41) is 3.62. The maximum atomic E-state index is 12.2. The zero-order chi connectivity index (χ0) is 16.7. The molecular weight excluding hydrogens is 314 g/mol. The van der Waals surface area contributed by atoms with Crippen molar-refractivity contribution >= 4 is 28.8 Å². The van der Waals surface area contributed by atoms with E-state index in [0.29, 0.717) is 22.9 Å². The van der Waals surface area contributed by atoms with Gasteiger partial charge < -0.3 is 14.8 Å². The van der Waals surface area contributed by atoms with E-state index < -0.39 is 5.97 Å². The van der Waals surface area contributed by atoms with Gasteiger partial charge in [-0.15, -0.1) is 0 Å². The van der Waals surface area contributed by atoms with Crippen molar-refractivity contribution in [3.05, 3.63) is 65.3 Å². The number of carbonyl (C=O) groups excluding carboxylic acids is 1. The second-order valence-electron chi connectivity index (χ2n) is 4.63. The average Bonchev–Trinajstić information content (AvgIpc) is 2.57. The number of esters is 1. The first kappa shape index (κ1) is 16.9. The number of hydrogen-bond acceptors (Lipinski definition) is 4. The number of rotatable bonds is 6. The minimum absolute atomic E-state index is 0.304. The number of benzene rings is 2. The van der Waals surface area contributed by atoms with Gasteiger partial charge in [0.15, 0.2) is 0 Å². The van der Waals surface area contributed by atoms with Gasteiger partial charge in [0, 0.05) is 6.20 Å². The van der Waals surface area contributed by atoms with Crippen LogP contribution in [0.15, 0.2) is 54.7 Å². The first-order valence-electron chi connectivity index (χ1n) is 7.18. The number of halogens is 1. The highest BCUT2D eigenvalue weighted by Gasteiger charge is 2.13. The lowest BCUT2D eigenvalue weighted by molar-refractivity contribution is -0.136. The van der Waals surface area contributed by atoms with Gasteiger partial charge in [-0.2, -0.15) is 0 Å². The minimum atomic E-state index is -0.405. The predicted molar refractivity (Wildman–Crippen MR) is 92.7 cm³/mol. The second-order valence-corrected chi connectivity index (χ2v) is 5.04. The van der Waals surface area contributed by atoms with Gasteiger partial charge in [-0.25, -0.2) is 4.79 Å². The van der Waals surface area contributed by atoms with Crippen LogP contribution in [0.1, 0.15) is 12.5 Å². The molecule has 0 amide bonds. The Morgan fingerprint density at radius 2 is 1.87 bits per heavy atom. The standard InChI is InChI=1S/C18H18ClNO3/c1-3-23-18(21)15(13-8-10-14(22-2)11-9-13)12-20-17-7-5-4-6-16(17)19/h4-12,20H,3H2,1-2H3/b15-12-. The van der Waals surface area contributed by atoms with Gasteiger partial charge in [-0.1, -0.05) is 35.9 Å². The van der Waals surface area contributed by atoms with Crippen molar-refractivity contribution in [3.8, 4) is 5.75 Å². The Morgan fingerprint density at radius 3 is 2.48 bits per heavy atom. The lowest BCUT2D eigenvalue weighted by Crippen LogP contribution is -2.08. The summed E-state index contributed by atoms with van der Waals surface area (Å²) in [5.74, 6) is 0.313. The minimum Gasteiger partial charge on any atom is -0.497 e. The first-order chi connectivity index (χ1) is 11.2. The van der Waals surface area contributed by atoms with Gasteiger partial charge in [-0.05, 0) is 36.8 Å². The molecule has 2 rings (SSSR count). The van der Waals surface area contributed by atoms with E-state index in [1.807, 2.05) is 18.2 Å². The lowest BCUT2D eigenvalue weighted by atomic mass is 10.1. The SMILES string of the molecule is CCOC(=O)/C(=C\Nc1ccccc1Cl)c1ccc(OC)cc1. The van der Waals surface area contributed by atoms with Crippen LogP contribution in [0.4, 0.5) is 5.69 Å². The number of methoxy groups -OCH3 is 1. The number of nitrogens with one attached hydrogen (secondary N) is 1. The summed E-state index contributed by atoms with van der Waals surface area (Å²) in [6.07, 6.45) is 1.60. The van der Waals surface area contributed by atoms with Crippen LogP contribution in [0.5, 0.6) is 5.75 Å². The highest BCUT2D eigenvalue weighted by atomic mass is 35.5. The fraction of sp³-hybridized carbons (Fsp3) is 0.167. The zero-order valence-electron chi connectivity index (χ0n) is 13.0. The summed E-state index contributed by atoms with van der Waals surface area (Å²) in [7, 11) is 1.59. The van der Waals surface area contributed by atoms with Crippen molar-refractivity contribution in [2.45, 2.75) is 6.92 Å². The van der Waals surface area contributed by atoms with Crippen molar-refractivity contribution in [3.63, 3.8) is 0 Å². The van der Waals surface area contributed by atoms with Gasteiger partial charge in [0.1, 0.15) is 5.75 Å². The molecule has 0 saturated carbocycles. The van der Waals surface area contributed by atoms with Crippen LogP contribution < -0.4 is 10.1 Å². The van der Waals surface area contributed by atoms with E-state index in [0.717, 1.165) is 11.3 Å². The van der Waals surface area contributed by atoms with Crippen molar-refractivity contribution in [2.75, 3.05) is 19.0 Å². The van der Waals surface area contributed by atoms with Gasteiger partial charge in [0.25, 0.3) is 0 Å². The average molecular weight is 332 g/mol. The molecule has 0 aliphatic rings. The number of ether oxygens (including phenoxy) is 2. The molecule has 0 fully saturated rings. The number of hydrogen-bond donors (Lipinski definition) is 1. The number of carbonyl (C=O) groups is 1. The third-order valence-electron chi connectivity index (χ3n) is 3.14. The molecule has 4 nitrogen and oxygen atoms in total. The molecule has 2 aromatic carbocycles. The summed E-state index contributed by atoms with van der Waals surface area (Å²) in [4.78, 5) is 12.2. The largest absolute Gasteiger partial charge is 0.497 e. The number of para-hydroxylation sites is 1. The Bertz CT molecular complexity index is 696. The van der Waals surface area contributed by atoms with Gasteiger partial charge in [0.05, 0.1) is 30.0 Å². The third-order valence-corrected chi connectivity index (χ3v) is 3.47. The Hall–Kier alpha value is -2.46. The maximum absolute atomic E-state index is 12.2. The molecule has 5 heteroatoms. The molecule has 0 aliphatic carbocycles. The Labute approximate surface area is 140 Å². The Balaban J connectivity index is 2.31. The molecule has 0 saturated heterocycles. The highest BCUT2D eigenvalue weighted by molar-refractivity contribution is 6.33. The monoisotopic (exact) mass is 331 g/mol. The van der Waals surface area contributed by atoms with E-state index in [2.05, 4.69) is 5.32 Å². The molecule has 0 aromatic heterocycles. The highest BCUT2D eigenvalue weighted by Crippen LogP contribution is 2.23. The van der Waals surface area contributed by atoms with Crippen LogP contribution in [0, 0.1) is 0 Å². The molecule has 0 spiro atoms. The summed E-state index contributed by atoms with van der Waals surface area (Å²) in [6, 6.07) is 14.5. The second kappa shape index (κ2) is 8.25. The number of anilines is 1. The van der Waals surface area contributed by atoms with E-state index in [-0.39, 0.29) is 0 Å². The summed E-state index contributed by atoms with van der Waals surface area (Å²) < 4.78 is 10.3. The Kier molecular flexibility index (Phi) is 6.06. The normalized spacial score (nSPS) is 11.0.